The first kappa shape index (κ1) is 14.5. The molecule has 0 saturated carbocycles. The van der Waals surface area contributed by atoms with Crippen LogP contribution in [0.4, 0.5) is 4.79 Å². The molecule has 1 unspecified atom stereocenters. The fourth-order valence-electron chi connectivity index (χ4n) is 1.93. The van der Waals surface area contributed by atoms with Gasteiger partial charge in [0, 0.05) is 12.1 Å². The van der Waals surface area contributed by atoms with Gasteiger partial charge >= 0.3 is 6.03 Å². The van der Waals surface area contributed by atoms with Gasteiger partial charge in [-0.1, -0.05) is 33.1 Å². The van der Waals surface area contributed by atoms with E-state index in [0.717, 1.165) is 22.1 Å². The second-order valence-corrected chi connectivity index (χ2v) is 5.41. The van der Waals surface area contributed by atoms with Crippen LogP contribution in [-0.4, -0.2) is 15.8 Å². The van der Waals surface area contributed by atoms with Crippen molar-refractivity contribution in [1.82, 2.24) is 9.78 Å². The Labute approximate surface area is 116 Å². The molecule has 2 N–H and O–H groups in total. The van der Waals surface area contributed by atoms with E-state index in [-0.39, 0.29) is 0 Å². The van der Waals surface area contributed by atoms with Gasteiger partial charge in [-0.05, 0) is 35.4 Å². The van der Waals surface area contributed by atoms with Crippen molar-refractivity contribution in [3.05, 3.63) is 15.5 Å². The molecule has 0 aliphatic carbocycles. The summed E-state index contributed by atoms with van der Waals surface area (Å²) in [5.74, 6) is 0.439. The summed E-state index contributed by atoms with van der Waals surface area (Å²) in [6, 6.07) is -0.516. The fourth-order valence-corrected chi connectivity index (χ4v) is 2.74. The Bertz CT molecular complexity index is 376. The van der Waals surface area contributed by atoms with Crippen LogP contribution in [0.2, 0.25) is 0 Å². The van der Waals surface area contributed by atoms with Gasteiger partial charge in [-0.3, -0.25) is 0 Å². The molecule has 1 heterocycles. The van der Waals surface area contributed by atoms with Gasteiger partial charge in [0.05, 0.1) is 9.26 Å². The van der Waals surface area contributed by atoms with Crippen LogP contribution in [0.25, 0.3) is 0 Å². The Morgan fingerprint density at radius 1 is 1.53 bits per heavy atom. The van der Waals surface area contributed by atoms with Crippen molar-refractivity contribution in [2.24, 2.45) is 5.73 Å². The van der Waals surface area contributed by atoms with Gasteiger partial charge < -0.3 is 5.73 Å². The standard InChI is InChI=1S/C12H20IN3O/c1-3-5-6-7-9(4-2)11-10(13)8-16(15-11)12(14)17/h8-9H,3-7H2,1-2H3,(H2,14,17). The molecule has 17 heavy (non-hydrogen) atoms. The predicted molar refractivity (Wildman–Crippen MR) is 77.1 cm³/mol. The van der Waals surface area contributed by atoms with Gasteiger partial charge in [-0.2, -0.15) is 9.78 Å². The van der Waals surface area contributed by atoms with E-state index in [1.807, 2.05) is 0 Å². The van der Waals surface area contributed by atoms with Crippen molar-refractivity contribution in [2.45, 2.75) is 51.9 Å². The molecule has 1 rings (SSSR count). The smallest absolute Gasteiger partial charge is 0.339 e. The average Bonchev–Trinajstić information content (AvgIpc) is 2.67. The minimum Gasteiger partial charge on any atom is -0.350 e. The normalized spacial score (nSPS) is 12.6. The molecule has 0 saturated heterocycles. The molecular weight excluding hydrogens is 329 g/mol. The zero-order valence-corrected chi connectivity index (χ0v) is 12.6. The van der Waals surface area contributed by atoms with Crippen molar-refractivity contribution in [2.75, 3.05) is 0 Å². The second kappa shape index (κ2) is 6.98. The quantitative estimate of drug-likeness (QED) is 0.631. The van der Waals surface area contributed by atoms with Gasteiger partial charge in [-0.25, -0.2) is 4.79 Å². The van der Waals surface area contributed by atoms with Crippen molar-refractivity contribution < 1.29 is 4.79 Å². The lowest BCUT2D eigenvalue weighted by Gasteiger charge is -2.12. The average molecular weight is 349 g/mol. The van der Waals surface area contributed by atoms with Crippen molar-refractivity contribution >= 4 is 28.6 Å². The number of halogens is 1. The number of nitrogens with two attached hydrogens (primary N) is 1. The Hall–Kier alpha value is -0.590. The monoisotopic (exact) mass is 349 g/mol. The van der Waals surface area contributed by atoms with E-state index in [4.69, 9.17) is 5.73 Å². The highest BCUT2D eigenvalue weighted by molar-refractivity contribution is 14.1. The van der Waals surface area contributed by atoms with Crippen LogP contribution in [0, 0.1) is 3.57 Å². The molecule has 0 aliphatic rings. The third-order valence-corrected chi connectivity index (χ3v) is 3.79. The first-order chi connectivity index (χ1) is 8.10. The Balaban J connectivity index is 2.77. The molecule has 0 fully saturated rings. The SMILES string of the molecule is CCCCCC(CC)c1nn(C(N)=O)cc1I. The summed E-state index contributed by atoms with van der Waals surface area (Å²) in [5.41, 5.74) is 6.23. The number of aromatic nitrogens is 2. The zero-order valence-electron chi connectivity index (χ0n) is 10.4. The number of rotatable bonds is 6. The molecule has 1 aromatic heterocycles. The molecule has 0 bridgehead atoms. The first-order valence-electron chi connectivity index (χ1n) is 6.15. The molecule has 1 aromatic rings. The molecule has 0 aromatic carbocycles. The minimum absolute atomic E-state index is 0.439. The maximum absolute atomic E-state index is 11.1. The fraction of sp³-hybridized carbons (Fsp3) is 0.667. The lowest BCUT2D eigenvalue weighted by Crippen LogP contribution is -2.20. The van der Waals surface area contributed by atoms with Crippen LogP contribution < -0.4 is 5.73 Å². The maximum Gasteiger partial charge on any atom is 0.339 e. The van der Waals surface area contributed by atoms with Crippen LogP contribution in [0.15, 0.2) is 6.20 Å². The predicted octanol–water partition coefficient (Wildman–Crippen LogP) is 3.49. The number of unbranched alkanes of at least 4 members (excludes halogenated alkanes) is 2. The third kappa shape index (κ3) is 3.97. The number of amides is 1. The summed E-state index contributed by atoms with van der Waals surface area (Å²) in [6.07, 6.45) is 7.59. The topological polar surface area (TPSA) is 60.9 Å². The highest BCUT2D eigenvalue weighted by atomic mass is 127. The first-order valence-corrected chi connectivity index (χ1v) is 7.22. The lowest BCUT2D eigenvalue weighted by atomic mass is 9.95. The summed E-state index contributed by atoms with van der Waals surface area (Å²) in [7, 11) is 0. The Kier molecular flexibility index (Phi) is 5.94. The molecule has 0 radical (unpaired) electrons. The van der Waals surface area contributed by atoms with Crippen molar-refractivity contribution in [1.29, 1.82) is 0 Å². The molecule has 4 nitrogen and oxygen atoms in total. The molecule has 96 valence electrons. The number of carbonyl (C=O) groups excluding carboxylic acids is 1. The number of carbonyl (C=O) groups is 1. The van der Waals surface area contributed by atoms with Gasteiger partial charge in [-0.15, -0.1) is 0 Å². The van der Waals surface area contributed by atoms with Gasteiger partial charge in [0.15, 0.2) is 0 Å². The van der Waals surface area contributed by atoms with Crippen molar-refractivity contribution in [3.63, 3.8) is 0 Å². The summed E-state index contributed by atoms with van der Waals surface area (Å²) >= 11 is 2.22. The number of nitrogens with zero attached hydrogens (tertiary/aromatic N) is 2. The molecule has 5 heteroatoms. The van der Waals surface area contributed by atoms with E-state index in [2.05, 4.69) is 41.5 Å². The molecular formula is C12H20IN3O. The highest BCUT2D eigenvalue weighted by Gasteiger charge is 2.17. The van der Waals surface area contributed by atoms with E-state index in [9.17, 15) is 4.79 Å². The number of hydrogen-bond acceptors (Lipinski definition) is 2. The zero-order chi connectivity index (χ0) is 12.8. The van der Waals surface area contributed by atoms with Crippen LogP contribution in [0.5, 0.6) is 0 Å². The Morgan fingerprint density at radius 2 is 2.24 bits per heavy atom. The van der Waals surface area contributed by atoms with E-state index >= 15 is 0 Å². The van der Waals surface area contributed by atoms with E-state index in [1.165, 1.54) is 23.9 Å². The lowest BCUT2D eigenvalue weighted by molar-refractivity contribution is 0.247. The third-order valence-electron chi connectivity index (χ3n) is 2.96. The van der Waals surface area contributed by atoms with E-state index in [1.54, 1.807) is 6.20 Å². The largest absolute Gasteiger partial charge is 0.350 e. The molecule has 0 spiro atoms. The van der Waals surface area contributed by atoms with E-state index < -0.39 is 6.03 Å². The second-order valence-electron chi connectivity index (χ2n) is 4.25. The number of hydrogen-bond donors (Lipinski definition) is 1. The summed E-state index contributed by atoms with van der Waals surface area (Å²) < 4.78 is 2.27. The summed E-state index contributed by atoms with van der Waals surface area (Å²) in [5, 5.41) is 4.29. The van der Waals surface area contributed by atoms with Crippen LogP contribution in [0.1, 0.15) is 57.6 Å². The molecule has 1 atom stereocenters. The molecule has 0 aliphatic heterocycles. The highest BCUT2D eigenvalue weighted by Crippen LogP contribution is 2.28. The summed E-state index contributed by atoms with van der Waals surface area (Å²) in [6.45, 7) is 4.36. The van der Waals surface area contributed by atoms with Crippen molar-refractivity contribution in [3.8, 4) is 0 Å². The summed E-state index contributed by atoms with van der Waals surface area (Å²) in [4.78, 5) is 11.1. The van der Waals surface area contributed by atoms with Crippen LogP contribution in [-0.2, 0) is 0 Å². The van der Waals surface area contributed by atoms with Gasteiger partial charge in [0.25, 0.3) is 0 Å². The minimum atomic E-state index is -0.516. The maximum atomic E-state index is 11.1. The molecule has 1 amide bonds. The van der Waals surface area contributed by atoms with E-state index in [0.29, 0.717) is 5.92 Å². The van der Waals surface area contributed by atoms with Gasteiger partial charge in [0.1, 0.15) is 0 Å². The van der Waals surface area contributed by atoms with Crippen LogP contribution in [0.3, 0.4) is 0 Å². The van der Waals surface area contributed by atoms with Gasteiger partial charge in [0.2, 0.25) is 0 Å². The Morgan fingerprint density at radius 3 is 2.71 bits per heavy atom. The number of primary amides is 1. The van der Waals surface area contributed by atoms with Crippen LogP contribution >= 0.6 is 22.6 Å².